The van der Waals surface area contributed by atoms with Crippen LogP contribution in [0.2, 0.25) is 0 Å². The van der Waals surface area contributed by atoms with Gasteiger partial charge in [0, 0.05) is 38.9 Å². The SMILES string of the molecule is [Y].[c-]1cccc2ncc3ccccc3c12. The predicted molar refractivity (Wildman–Crippen MR) is 58.1 cm³/mol. The first kappa shape index (κ1) is 10.7. The van der Waals surface area contributed by atoms with Crippen molar-refractivity contribution in [2.45, 2.75) is 0 Å². The van der Waals surface area contributed by atoms with E-state index in [9.17, 15) is 0 Å². The molecule has 1 nitrogen and oxygen atoms in total. The van der Waals surface area contributed by atoms with E-state index in [4.69, 9.17) is 0 Å². The largest absolute Gasteiger partial charge is 0.306 e. The standard InChI is InChI=1S/C13H8N.Y/c1-2-6-11-10(5-1)9-14-13-8-4-3-7-12(11)13;/h1-6,8-9H;/q-1;. The van der Waals surface area contributed by atoms with Gasteiger partial charge in [0.05, 0.1) is 0 Å². The second kappa shape index (κ2) is 4.38. The van der Waals surface area contributed by atoms with Crippen LogP contribution in [0.15, 0.2) is 48.7 Å². The fourth-order valence-corrected chi connectivity index (χ4v) is 1.73. The minimum absolute atomic E-state index is 0. The fourth-order valence-electron chi connectivity index (χ4n) is 1.73. The summed E-state index contributed by atoms with van der Waals surface area (Å²) in [6.07, 6.45) is 1.91. The Labute approximate surface area is 113 Å². The zero-order valence-electron chi connectivity index (χ0n) is 8.14. The van der Waals surface area contributed by atoms with Crippen molar-refractivity contribution in [3.8, 4) is 0 Å². The third kappa shape index (κ3) is 1.82. The number of fused-ring (bicyclic) bond motifs is 3. The Bertz CT molecular complexity index is 550. The van der Waals surface area contributed by atoms with Gasteiger partial charge >= 0.3 is 0 Å². The average Bonchev–Trinajstić information content (AvgIpc) is 2.29. The number of rotatable bonds is 0. The summed E-state index contributed by atoms with van der Waals surface area (Å²) in [4.78, 5) is 4.38. The van der Waals surface area contributed by atoms with Gasteiger partial charge in [-0.3, -0.25) is 0 Å². The van der Waals surface area contributed by atoms with E-state index < -0.39 is 0 Å². The van der Waals surface area contributed by atoms with Gasteiger partial charge in [0.1, 0.15) is 0 Å². The molecule has 0 atom stereocenters. The quantitative estimate of drug-likeness (QED) is 0.450. The Hall–Kier alpha value is -0.786. The molecule has 0 amide bonds. The first-order chi connectivity index (χ1) is 6.95. The van der Waals surface area contributed by atoms with Crippen LogP contribution in [0.4, 0.5) is 0 Å². The van der Waals surface area contributed by atoms with E-state index in [2.05, 4.69) is 23.2 Å². The second-order valence-electron chi connectivity index (χ2n) is 3.28. The summed E-state index contributed by atoms with van der Waals surface area (Å²) in [6.45, 7) is 0. The van der Waals surface area contributed by atoms with Gasteiger partial charge in [-0.25, -0.2) is 0 Å². The van der Waals surface area contributed by atoms with Gasteiger partial charge < -0.3 is 4.98 Å². The molecule has 15 heavy (non-hydrogen) atoms. The minimum Gasteiger partial charge on any atom is -0.306 e. The van der Waals surface area contributed by atoms with Crippen molar-refractivity contribution in [1.82, 2.24) is 4.98 Å². The summed E-state index contributed by atoms with van der Waals surface area (Å²) in [6, 6.07) is 17.4. The molecule has 69 valence electrons. The first-order valence-electron chi connectivity index (χ1n) is 4.59. The molecule has 0 bridgehead atoms. The molecule has 2 aromatic carbocycles. The number of aromatic nitrogens is 1. The predicted octanol–water partition coefficient (Wildman–Crippen LogP) is 3.19. The maximum atomic E-state index is 4.38. The summed E-state index contributed by atoms with van der Waals surface area (Å²) in [5.74, 6) is 0. The number of hydrogen-bond donors (Lipinski definition) is 0. The number of benzene rings is 2. The zero-order valence-corrected chi connectivity index (χ0v) is 11.0. The molecule has 0 aliphatic carbocycles. The van der Waals surface area contributed by atoms with Crippen LogP contribution < -0.4 is 0 Å². The summed E-state index contributed by atoms with van der Waals surface area (Å²) >= 11 is 0. The van der Waals surface area contributed by atoms with E-state index in [-0.39, 0.29) is 32.7 Å². The van der Waals surface area contributed by atoms with Gasteiger partial charge in [0.2, 0.25) is 0 Å². The normalized spacial score (nSPS) is 10.1. The molecule has 0 N–H and O–H groups in total. The van der Waals surface area contributed by atoms with Gasteiger partial charge in [-0.05, 0) is 10.9 Å². The molecule has 0 fully saturated rings. The van der Waals surface area contributed by atoms with Crippen LogP contribution in [0.1, 0.15) is 0 Å². The zero-order chi connectivity index (χ0) is 9.38. The van der Waals surface area contributed by atoms with Gasteiger partial charge in [-0.1, -0.05) is 29.7 Å². The molecule has 1 radical (unpaired) electrons. The molecule has 3 aromatic rings. The van der Waals surface area contributed by atoms with E-state index in [0.717, 1.165) is 10.9 Å². The molecule has 0 saturated carbocycles. The van der Waals surface area contributed by atoms with Crippen molar-refractivity contribution in [3.05, 3.63) is 54.7 Å². The van der Waals surface area contributed by atoms with E-state index in [0.29, 0.717) is 0 Å². The topological polar surface area (TPSA) is 12.9 Å². The molecule has 0 unspecified atom stereocenters. The summed E-state index contributed by atoms with van der Waals surface area (Å²) < 4.78 is 0. The molecule has 1 aromatic heterocycles. The van der Waals surface area contributed by atoms with Crippen LogP contribution in [0.3, 0.4) is 0 Å². The molecule has 2 heteroatoms. The van der Waals surface area contributed by atoms with Crippen LogP contribution in [0, 0.1) is 6.07 Å². The minimum atomic E-state index is 0. The van der Waals surface area contributed by atoms with E-state index in [1.54, 1.807) is 0 Å². The van der Waals surface area contributed by atoms with Crippen molar-refractivity contribution >= 4 is 21.7 Å². The third-order valence-corrected chi connectivity index (χ3v) is 2.41. The molecule has 0 aliphatic rings. The van der Waals surface area contributed by atoms with Crippen LogP contribution in [-0.4, -0.2) is 4.98 Å². The maximum Gasteiger partial charge on any atom is 0.0146 e. The first-order valence-corrected chi connectivity index (χ1v) is 4.59. The summed E-state index contributed by atoms with van der Waals surface area (Å²) in [5.41, 5.74) is 1.01. The number of pyridine rings is 1. The van der Waals surface area contributed by atoms with Gasteiger partial charge in [-0.15, -0.1) is 29.7 Å². The molecule has 0 spiro atoms. The molecule has 0 saturated heterocycles. The van der Waals surface area contributed by atoms with Gasteiger partial charge in [-0.2, -0.15) is 0 Å². The Morgan fingerprint density at radius 3 is 2.80 bits per heavy atom. The maximum absolute atomic E-state index is 4.38. The Balaban J connectivity index is 0.000000853. The van der Waals surface area contributed by atoms with Crippen LogP contribution >= 0.6 is 0 Å². The number of nitrogens with zero attached hydrogens (tertiary/aromatic N) is 1. The van der Waals surface area contributed by atoms with Crippen LogP contribution in [0.25, 0.3) is 21.7 Å². The second-order valence-corrected chi connectivity index (χ2v) is 3.28. The van der Waals surface area contributed by atoms with Crippen LogP contribution in [-0.2, 0) is 32.7 Å². The van der Waals surface area contributed by atoms with Crippen molar-refractivity contribution in [3.63, 3.8) is 0 Å². The summed E-state index contributed by atoms with van der Waals surface area (Å²) in [7, 11) is 0. The van der Waals surface area contributed by atoms with E-state index in [1.807, 2.05) is 36.5 Å². The molecule has 1 heterocycles. The molecule has 0 aliphatic heterocycles. The monoisotopic (exact) mass is 267 g/mol. The fraction of sp³-hybridized carbons (Fsp3) is 0. The number of hydrogen-bond acceptors (Lipinski definition) is 1. The van der Waals surface area contributed by atoms with E-state index >= 15 is 0 Å². The van der Waals surface area contributed by atoms with Crippen molar-refractivity contribution in [2.75, 3.05) is 0 Å². The van der Waals surface area contributed by atoms with Crippen molar-refractivity contribution in [1.29, 1.82) is 0 Å². The van der Waals surface area contributed by atoms with Crippen LogP contribution in [0.5, 0.6) is 0 Å². The van der Waals surface area contributed by atoms with Crippen molar-refractivity contribution < 1.29 is 32.7 Å². The average molecular weight is 267 g/mol. The Morgan fingerprint density at radius 1 is 1.00 bits per heavy atom. The van der Waals surface area contributed by atoms with E-state index in [1.165, 1.54) is 10.8 Å². The Morgan fingerprint density at radius 2 is 1.87 bits per heavy atom. The van der Waals surface area contributed by atoms with Gasteiger partial charge in [0.15, 0.2) is 0 Å². The Kier molecular flexibility index (Phi) is 3.13. The molecular weight excluding hydrogens is 259 g/mol. The smallest absolute Gasteiger partial charge is 0.0146 e. The summed E-state index contributed by atoms with van der Waals surface area (Å²) in [5, 5.41) is 3.49. The van der Waals surface area contributed by atoms with Gasteiger partial charge in [0.25, 0.3) is 0 Å². The molecule has 3 rings (SSSR count). The van der Waals surface area contributed by atoms with Crippen molar-refractivity contribution in [2.24, 2.45) is 0 Å². The molecular formula is C13H8NY-. The third-order valence-electron chi connectivity index (χ3n) is 2.41.